The van der Waals surface area contributed by atoms with Crippen LogP contribution in [0.4, 0.5) is 8.78 Å². The number of rotatable bonds is 3. The normalized spacial score (nSPS) is 10.9. The van der Waals surface area contributed by atoms with Gasteiger partial charge in [0.25, 0.3) is 0 Å². The van der Waals surface area contributed by atoms with Crippen molar-refractivity contribution in [2.24, 2.45) is 0 Å². The summed E-state index contributed by atoms with van der Waals surface area (Å²) in [6, 6.07) is 9.51. The molecule has 7 heteroatoms. The summed E-state index contributed by atoms with van der Waals surface area (Å²) in [6.45, 7) is -0.396. The van der Waals surface area contributed by atoms with Crippen LogP contribution in [0.2, 0.25) is 0 Å². The minimum absolute atomic E-state index is 0.0839. The Morgan fingerprint density at radius 2 is 1.73 bits per heavy atom. The molecule has 3 aromatic rings. The average molecular weight is 303 g/mol. The molecule has 2 aromatic carbocycles. The predicted octanol–water partition coefficient (Wildman–Crippen LogP) is 2.41. The smallest absolute Gasteiger partial charge is 0.159 e. The Kier molecular flexibility index (Phi) is 3.56. The van der Waals surface area contributed by atoms with Crippen LogP contribution in [0.5, 0.6) is 5.75 Å². The second-order valence-corrected chi connectivity index (χ2v) is 4.60. The summed E-state index contributed by atoms with van der Waals surface area (Å²) in [6.07, 6.45) is 0. The minimum Gasteiger partial charge on any atom is -0.508 e. The van der Waals surface area contributed by atoms with Crippen molar-refractivity contribution in [3.8, 4) is 22.7 Å². The maximum absolute atomic E-state index is 13.5. The van der Waals surface area contributed by atoms with Crippen LogP contribution in [0.1, 0.15) is 5.69 Å². The summed E-state index contributed by atoms with van der Waals surface area (Å²) in [5.74, 6) is -1.88. The maximum atomic E-state index is 13.5. The summed E-state index contributed by atoms with van der Waals surface area (Å²) in [4.78, 5) is 0. The van der Waals surface area contributed by atoms with Crippen molar-refractivity contribution >= 4 is 0 Å². The first-order valence-electron chi connectivity index (χ1n) is 6.40. The van der Waals surface area contributed by atoms with Gasteiger partial charge in [-0.2, -0.15) is 0 Å². The number of phenols is 1. The Morgan fingerprint density at radius 1 is 1.00 bits per heavy atom. The Balaban J connectivity index is 2.19. The van der Waals surface area contributed by atoms with Gasteiger partial charge in [-0.05, 0) is 42.5 Å². The molecule has 0 fully saturated rings. The molecular weight excluding hydrogens is 292 g/mol. The third-order valence-corrected chi connectivity index (χ3v) is 3.18. The Hall–Kier alpha value is -2.80. The molecule has 5 nitrogen and oxygen atoms in total. The van der Waals surface area contributed by atoms with Crippen LogP contribution in [0.15, 0.2) is 42.5 Å². The van der Waals surface area contributed by atoms with Crippen LogP contribution in [-0.2, 0) is 6.61 Å². The Morgan fingerprint density at radius 3 is 2.36 bits per heavy atom. The van der Waals surface area contributed by atoms with E-state index in [1.807, 2.05) is 0 Å². The number of aliphatic hydroxyl groups excluding tert-OH is 1. The number of phenolic OH excluding ortho intramolecular Hbond substituents is 1. The molecule has 0 aliphatic rings. The van der Waals surface area contributed by atoms with Crippen molar-refractivity contribution in [3.05, 3.63) is 59.8 Å². The highest BCUT2D eigenvalue weighted by Gasteiger charge is 2.17. The molecule has 1 heterocycles. The lowest BCUT2D eigenvalue weighted by Crippen LogP contribution is -2.00. The molecule has 0 aliphatic heterocycles. The average Bonchev–Trinajstić information content (AvgIpc) is 2.94. The van der Waals surface area contributed by atoms with E-state index in [1.165, 1.54) is 22.9 Å². The summed E-state index contributed by atoms with van der Waals surface area (Å²) in [5.41, 5.74) is 1.48. The first-order chi connectivity index (χ1) is 10.6. The number of benzene rings is 2. The van der Waals surface area contributed by atoms with Gasteiger partial charge in [-0.25, -0.2) is 13.5 Å². The molecule has 0 atom stereocenters. The number of nitrogens with zero attached hydrogens (tertiary/aromatic N) is 3. The van der Waals surface area contributed by atoms with Crippen molar-refractivity contribution in [1.29, 1.82) is 0 Å². The lowest BCUT2D eigenvalue weighted by atomic mass is 10.1. The third kappa shape index (κ3) is 2.42. The number of aliphatic hydroxyl groups is 1. The fraction of sp³-hybridized carbons (Fsp3) is 0.0667. The van der Waals surface area contributed by atoms with Gasteiger partial charge in [0.2, 0.25) is 0 Å². The van der Waals surface area contributed by atoms with E-state index in [1.54, 1.807) is 12.1 Å². The van der Waals surface area contributed by atoms with Gasteiger partial charge in [-0.1, -0.05) is 5.21 Å². The second kappa shape index (κ2) is 5.53. The molecule has 0 saturated carbocycles. The molecule has 0 unspecified atom stereocenters. The molecule has 0 saturated heterocycles. The van der Waals surface area contributed by atoms with E-state index in [2.05, 4.69) is 10.3 Å². The molecule has 0 spiro atoms. The van der Waals surface area contributed by atoms with Gasteiger partial charge in [0, 0.05) is 5.56 Å². The first kappa shape index (κ1) is 14.2. The second-order valence-electron chi connectivity index (χ2n) is 4.60. The molecule has 1 aromatic heterocycles. The van der Waals surface area contributed by atoms with E-state index in [4.69, 9.17) is 0 Å². The standard InChI is InChI=1S/C15H11F2N3O2/c16-12-6-1-9(7-13(12)17)15-14(8-21)18-19-20(15)10-2-4-11(22)5-3-10/h1-7,21-22H,8H2. The van der Waals surface area contributed by atoms with Crippen molar-refractivity contribution in [2.45, 2.75) is 6.61 Å². The van der Waals surface area contributed by atoms with Crippen LogP contribution in [0, 0.1) is 11.6 Å². The SMILES string of the molecule is OCc1nnn(-c2ccc(O)cc2)c1-c1ccc(F)c(F)c1. The van der Waals surface area contributed by atoms with E-state index >= 15 is 0 Å². The Labute approximate surface area is 124 Å². The zero-order chi connectivity index (χ0) is 15.7. The van der Waals surface area contributed by atoms with Gasteiger partial charge in [-0.3, -0.25) is 0 Å². The van der Waals surface area contributed by atoms with Crippen molar-refractivity contribution < 1.29 is 19.0 Å². The van der Waals surface area contributed by atoms with Crippen molar-refractivity contribution in [3.63, 3.8) is 0 Å². The van der Waals surface area contributed by atoms with E-state index in [-0.39, 0.29) is 11.4 Å². The van der Waals surface area contributed by atoms with Gasteiger partial charge in [0.1, 0.15) is 17.1 Å². The summed E-state index contributed by atoms with van der Waals surface area (Å²) in [5, 5.41) is 26.5. The van der Waals surface area contributed by atoms with E-state index in [0.717, 1.165) is 12.1 Å². The quantitative estimate of drug-likeness (QED) is 0.779. The van der Waals surface area contributed by atoms with E-state index in [9.17, 15) is 19.0 Å². The molecule has 0 radical (unpaired) electrons. The molecule has 22 heavy (non-hydrogen) atoms. The van der Waals surface area contributed by atoms with Crippen molar-refractivity contribution in [1.82, 2.24) is 15.0 Å². The molecular formula is C15H11F2N3O2. The third-order valence-electron chi connectivity index (χ3n) is 3.18. The van der Waals surface area contributed by atoms with Gasteiger partial charge >= 0.3 is 0 Å². The van der Waals surface area contributed by atoms with Gasteiger partial charge in [-0.15, -0.1) is 5.10 Å². The molecule has 2 N–H and O–H groups in total. The summed E-state index contributed by atoms with van der Waals surface area (Å²) in [7, 11) is 0. The lowest BCUT2D eigenvalue weighted by molar-refractivity contribution is 0.277. The predicted molar refractivity (Wildman–Crippen MR) is 74.3 cm³/mol. The first-order valence-corrected chi connectivity index (χ1v) is 6.40. The fourth-order valence-electron chi connectivity index (χ4n) is 2.13. The Bertz CT molecular complexity index is 816. The van der Waals surface area contributed by atoms with Crippen LogP contribution in [-0.4, -0.2) is 25.2 Å². The highest BCUT2D eigenvalue weighted by Crippen LogP contribution is 2.27. The lowest BCUT2D eigenvalue weighted by Gasteiger charge is -2.08. The molecule has 0 bridgehead atoms. The highest BCUT2D eigenvalue weighted by atomic mass is 19.2. The fourth-order valence-corrected chi connectivity index (χ4v) is 2.13. The van der Waals surface area contributed by atoms with Gasteiger partial charge < -0.3 is 10.2 Å². The van der Waals surface area contributed by atoms with Gasteiger partial charge in [0.05, 0.1) is 12.3 Å². The minimum atomic E-state index is -1.00. The molecule has 112 valence electrons. The molecule has 0 aliphatic carbocycles. The van der Waals surface area contributed by atoms with Crippen LogP contribution >= 0.6 is 0 Å². The largest absolute Gasteiger partial charge is 0.508 e. The topological polar surface area (TPSA) is 71.2 Å². The van der Waals surface area contributed by atoms with E-state index in [0.29, 0.717) is 16.9 Å². The highest BCUT2D eigenvalue weighted by molar-refractivity contribution is 5.64. The number of hydrogen-bond acceptors (Lipinski definition) is 4. The number of aromatic nitrogens is 3. The maximum Gasteiger partial charge on any atom is 0.159 e. The van der Waals surface area contributed by atoms with Crippen LogP contribution in [0.3, 0.4) is 0 Å². The van der Waals surface area contributed by atoms with Crippen molar-refractivity contribution in [2.75, 3.05) is 0 Å². The monoisotopic (exact) mass is 303 g/mol. The van der Waals surface area contributed by atoms with Gasteiger partial charge in [0.15, 0.2) is 11.6 Å². The summed E-state index contributed by atoms with van der Waals surface area (Å²) >= 11 is 0. The summed E-state index contributed by atoms with van der Waals surface area (Å²) < 4.78 is 28.0. The zero-order valence-electron chi connectivity index (χ0n) is 11.2. The molecule has 0 amide bonds. The molecule has 3 rings (SSSR count). The number of hydrogen-bond donors (Lipinski definition) is 2. The van der Waals surface area contributed by atoms with Crippen LogP contribution < -0.4 is 0 Å². The zero-order valence-corrected chi connectivity index (χ0v) is 11.2. The van der Waals surface area contributed by atoms with E-state index < -0.39 is 18.2 Å². The number of halogens is 2. The number of aromatic hydroxyl groups is 1. The van der Waals surface area contributed by atoms with Crippen LogP contribution in [0.25, 0.3) is 16.9 Å².